The van der Waals surface area contributed by atoms with Crippen LogP contribution in [0.3, 0.4) is 0 Å². The Hall–Kier alpha value is -1.88. The molecule has 1 saturated heterocycles. The van der Waals surface area contributed by atoms with Gasteiger partial charge in [-0.05, 0) is 44.6 Å². The number of carbonyl (C=O) groups excluding carboxylic acids is 2. The normalized spacial score (nSPS) is 17.6. The Morgan fingerprint density at radius 1 is 1.29 bits per heavy atom. The van der Waals surface area contributed by atoms with Crippen molar-refractivity contribution < 1.29 is 9.59 Å². The van der Waals surface area contributed by atoms with Crippen molar-refractivity contribution in [3.8, 4) is 0 Å². The highest BCUT2D eigenvalue weighted by molar-refractivity contribution is 6.00. The quantitative estimate of drug-likeness (QED) is 0.743. The first-order chi connectivity index (χ1) is 11.6. The summed E-state index contributed by atoms with van der Waals surface area (Å²) in [6, 6.07) is 7.82. The lowest BCUT2D eigenvalue weighted by Crippen LogP contribution is -2.35. The number of hydrogen-bond acceptors (Lipinski definition) is 3. The molecule has 1 fully saturated rings. The van der Waals surface area contributed by atoms with Crippen LogP contribution in [0.15, 0.2) is 24.3 Å². The number of carbonyl (C=O) groups is 2. The minimum Gasteiger partial charge on any atom is -0.356 e. The van der Waals surface area contributed by atoms with Crippen LogP contribution in [0.25, 0.3) is 0 Å². The highest BCUT2D eigenvalue weighted by Crippen LogP contribution is 2.27. The van der Waals surface area contributed by atoms with Crippen LogP contribution in [0.1, 0.15) is 32.3 Å². The van der Waals surface area contributed by atoms with E-state index in [1.54, 1.807) is 4.90 Å². The molecule has 0 saturated carbocycles. The van der Waals surface area contributed by atoms with Crippen molar-refractivity contribution in [3.05, 3.63) is 29.8 Å². The third-order valence-corrected chi connectivity index (χ3v) is 4.75. The van der Waals surface area contributed by atoms with Crippen molar-refractivity contribution in [1.29, 1.82) is 0 Å². The average Bonchev–Trinajstić information content (AvgIpc) is 2.97. The first kappa shape index (κ1) is 18.5. The summed E-state index contributed by atoms with van der Waals surface area (Å²) in [6.45, 7) is 10.5. The Bertz CT molecular complexity index is 569. The van der Waals surface area contributed by atoms with Crippen LogP contribution in [0.5, 0.6) is 0 Å². The van der Waals surface area contributed by atoms with Gasteiger partial charge in [-0.2, -0.15) is 0 Å². The molecule has 0 radical (unpaired) electrons. The fraction of sp³-hybridized carbons (Fsp3) is 0.579. The van der Waals surface area contributed by atoms with Crippen LogP contribution in [-0.4, -0.2) is 49.4 Å². The van der Waals surface area contributed by atoms with E-state index in [4.69, 9.17) is 0 Å². The number of para-hydroxylation sites is 1. The number of rotatable bonds is 8. The van der Waals surface area contributed by atoms with Gasteiger partial charge in [0.1, 0.15) is 0 Å². The second kappa shape index (κ2) is 8.83. The maximum absolute atomic E-state index is 12.3. The van der Waals surface area contributed by atoms with Gasteiger partial charge < -0.3 is 15.1 Å². The molecule has 1 heterocycles. The summed E-state index contributed by atoms with van der Waals surface area (Å²) in [5.41, 5.74) is 1.98. The molecule has 5 nitrogen and oxygen atoms in total. The molecule has 1 N–H and O–H groups in total. The summed E-state index contributed by atoms with van der Waals surface area (Å²) < 4.78 is 0. The number of amides is 2. The minimum atomic E-state index is -0.245. The molecule has 1 aliphatic heterocycles. The maximum atomic E-state index is 12.3. The summed E-state index contributed by atoms with van der Waals surface area (Å²) in [5, 5.41) is 2.99. The van der Waals surface area contributed by atoms with Gasteiger partial charge in [-0.25, -0.2) is 0 Å². The Kier molecular flexibility index (Phi) is 6.79. The van der Waals surface area contributed by atoms with Crippen molar-refractivity contribution >= 4 is 17.5 Å². The van der Waals surface area contributed by atoms with E-state index in [9.17, 15) is 9.59 Å². The average molecular weight is 331 g/mol. The van der Waals surface area contributed by atoms with Crippen LogP contribution >= 0.6 is 0 Å². The molecule has 1 aliphatic rings. The van der Waals surface area contributed by atoms with Crippen molar-refractivity contribution in [2.45, 2.75) is 33.6 Å². The lowest BCUT2D eigenvalue weighted by atomic mass is 10.1. The monoisotopic (exact) mass is 331 g/mol. The van der Waals surface area contributed by atoms with E-state index in [1.165, 1.54) is 0 Å². The van der Waals surface area contributed by atoms with Crippen LogP contribution in [0, 0.1) is 12.8 Å². The largest absolute Gasteiger partial charge is 0.356 e. The van der Waals surface area contributed by atoms with Gasteiger partial charge in [-0.3, -0.25) is 9.59 Å². The molecule has 5 heteroatoms. The van der Waals surface area contributed by atoms with Gasteiger partial charge in [-0.1, -0.05) is 32.0 Å². The van der Waals surface area contributed by atoms with Gasteiger partial charge in [0.15, 0.2) is 0 Å². The Labute approximate surface area is 145 Å². The number of nitrogens with one attached hydrogen (secondary N) is 1. The van der Waals surface area contributed by atoms with E-state index in [0.717, 1.165) is 37.3 Å². The zero-order valence-electron chi connectivity index (χ0n) is 15.0. The minimum absolute atomic E-state index is 0.000943. The van der Waals surface area contributed by atoms with Crippen molar-refractivity contribution in [1.82, 2.24) is 10.2 Å². The van der Waals surface area contributed by atoms with Crippen LogP contribution in [-0.2, 0) is 9.59 Å². The molecule has 1 aromatic rings. The van der Waals surface area contributed by atoms with E-state index in [-0.39, 0.29) is 17.7 Å². The van der Waals surface area contributed by atoms with Gasteiger partial charge >= 0.3 is 0 Å². The summed E-state index contributed by atoms with van der Waals surface area (Å²) in [5.74, 6) is -0.211. The molecule has 2 rings (SSSR count). The van der Waals surface area contributed by atoms with Gasteiger partial charge in [0, 0.05) is 25.2 Å². The van der Waals surface area contributed by atoms with Crippen LogP contribution in [0.2, 0.25) is 0 Å². The van der Waals surface area contributed by atoms with E-state index in [1.807, 2.05) is 31.2 Å². The molecule has 0 aliphatic carbocycles. The molecular formula is C19H29N3O2. The molecule has 0 bridgehead atoms. The molecule has 2 amide bonds. The second-order valence-electron chi connectivity index (χ2n) is 6.36. The van der Waals surface area contributed by atoms with E-state index >= 15 is 0 Å². The summed E-state index contributed by atoms with van der Waals surface area (Å²) in [4.78, 5) is 28.7. The third-order valence-electron chi connectivity index (χ3n) is 4.75. The first-order valence-corrected chi connectivity index (χ1v) is 8.92. The summed E-state index contributed by atoms with van der Waals surface area (Å²) in [6.07, 6.45) is 1.24. The zero-order valence-corrected chi connectivity index (χ0v) is 15.0. The topological polar surface area (TPSA) is 52.7 Å². The Morgan fingerprint density at radius 3 is 2.67 bits per heavy atom. The fourth-order valence-electron chi connectivity index (χ4n) is 3.18. The number of anilines is 1. The molecule has 132 valence electrons. The number of aryl methyl sites for hydroxylation is 1. The van der Waals surface area contributed by atoms with E-state index in [2.05, 4.69) is 24.1 Å². The molecule has 24 heavy (non-hydrogen) atoms. The predicted octanol–water partition coefficient (Wildman–Crippen LogP) is 2.20. The molecule has 0 spiro atoms. The molecule has 1 atom stereocenters. The SMILES string of the molecule is CCN(CC)CCCNC(=O)[C@H]1CC(=O)N(c2ccccc2C)C1. The van der Waals surface area contributed by atoms with Crippen molar-refractivity contribution in [2.24, 2.45) is 5.92 Å². The summed E-state index contributed by atoms with van der Waals surface area (Å²) in [7, 11) is 0. The lowest BCUT2D eigenvalue weighted by Gasteiger charge is -2.19. The second-order valence-corrected chi connectivity index (χ2v) is 6.36. The number of benzene rings is 1. The highest BCUT2D eigenvalue weighted by Gasteiger charge is 2.35. The molecule has 0 aromatic heterocycles. The smallest absolute Gasteiger partial charge is 0.227 e. The Morgan fingerprint density at radius 2 is 2.00 bits per heavy atom. The van der Waals surface area contributed by atoms with Crippen molar-refractivity contribution in [3.63, 3.8) is 0 Å². The summed E-state index contributed by atoms with van der Waals surface area (Å²) >= 11 is 0. The van der Waals surface area contributed by atoms with Crippen LogP contribution in [0.4, 0.5) is 5.69 Å². The number of hydrogen-bond donors (Lipinski definition) is 1. The molecule has 0 unspecified atom stereocenters. The molecular weight excluding hydrogens is 302 g/mol. The lowest BCUT2D eigenvalue weighted by molar-refractivity contribution is -0.126. The van der Waals surface area contributed by atoms with E-state index in [0.29, 0.717) is 19.5 Å². The first-order valence-electron chi connectivity index (χ1n) is 8.92. The molecule has 1 aromatic carbocycles. The Balaban J connectivity index is 1.82. The van der Waals surface area contributed by atoms with Gasteiger partial charge in [-0.15, -0.1) is 0 Å². The van der Waals surface area contributed by atoms with Gasteiger partial charge in [0.25, 0.3) is 0 Å². The maximum Gasteiger partial charge on any atom is 0.227 e. The van der Waals surface area contributed by atoms with Crippen LogP contribution < -0.4 is 10.2 Å². The van der Waals surface area contributed by atoms with E-state index < -0.39 is 0 Å². The zero-order chi connectivity index (χ0) is 17.5. The van der Waals surface area contributed by atoms with Gasteiger partial charge in [0.2, 0.25) is 11.8 Å². The predicted molar refractivity (Wildman–Crippen MR) is 97.1 cm³/mol. The fourth-order valence-corrected chi connectivity index (χ4v) is 3.18. The number of nitrogens with zero attached hydrogens (tertiary/aromatic N) is 2. The van der Waals surface area contributed by atoms with Gasteiger partial charge in [0.05, 0.1) is 5.92 Å². The third kappa shape index (κ3) is 4.57. The van der Waals surface area contributed by atoms with Crippen molar-refractivity contribution in [2.75, 3.05) is 37.6 Å². The standard InChI is InChI=1S/C19H29N3O2/c1-4-21(5-2)12-8-11-20-19(24)16-13-18(23)22(14-16)17-10-7-6-9-15(17)3/h6-7,9-10,16H,4-5,8,11-14H2,1-3H3,(H,20,24)/t16-/m0/s1. The highest BCUT2D eigenvalue weighted by atomic mass is 16.2.